The number of hydrogen-bond acceptors (Lipinski definition) is 7. The second kappa shape index (κ2) is 16.5. The van der Waals surface area contributed by atoms with Gasteiger partial charge in [0.1, 0.15) is 6.10 Å². The maximum Gasteiger partial charge on any atom is 0.161 e. The highest BCUT2D eigenvalue weighted by Crippen LogP contribution is 2.32. The molecule has 0 saturated carbocycles. The molecule has 0 radical (unpaired) electrons. The molecular formula is C35H49N3O5. The molecule has 1 aliphatic carbocycles. The van der Waals surface area contributed by atoms with Crippen molar-refractivity contribution in [3.63, 3.8) is 0 Å². The number of dihydropyridines is 1. The number of aliphatic hydroxyl groups excluding tert-OH is 3. The van der Waals surface area contributed by atoms with Gasteiger partial charge in [-0.25, -0.2) is 0 Å². The molecule has 0 amide bonds. The number of aromatic hydroxyl groups is 1. The number of nitrogens with two attached hydrogens (primary N) is 1. The number of aryl methyl sites for hydroxylation is 1. The Labute approximate surface area is 256 Å². The SMILES string of the molecule is CCC1C#CCC(C(O)CCc2ccc(O)c(OC(CO)CC(Cc3ccc[nH]3)C3=CCNC(N)=C3)c2)C(O)CCCC1. The van der Waals surface area contributed by atoms with Gasteiger partial charge in [-0.3, -0.25) is 0 Å². The monoisotopic (exact) mass is 591 g/mol. The lowest BCUT2D eigenvalue weighted by atomic mass is 9.85. The van der Waals surface area contributed by atoms with Crippen LogP contribution in [0.1, 0.15) is 69.5 Å². The Kier molecular flexibility index (Phi) is 12.5. The molecule has 43 heavy (non-hydrogen) atoms. The summed E-state index contributed by atoms with van der Waals surface area (Å²) in [5.41, 5.74) is 9.11. The zero-order valence-electron chi connectivity index (χ0n) is 25.3. The summed E-state index contributed by atoms with van der Waals surface area (Å²) in [7, 11) is 0. The van der Waals surface area contributed by atoms with Crippen LogP contribution in [-0.4, -0.2) is 56.9 Å². The van der Waals surface area contributed by atoms with E-state index in [1.807, 2.05) is 30.5 Å². The normalized spacial score (nSPS) is 23.0. The third kappa shape index (κ3) is 9.82. The van der Waals surface area contributed by atoms with E-state index in [1.54, 1.807) is 12.1 Å². The van der Waals surface area contributed by atoms with E-state index in [0.29, 0.717) is 56.1 Å². The van der Waals surface area contributed by atoms with Gasteiger partial charge in [-0.1, -0.05) is 37.8 Å². The quantitative estimate of drug-likeness (QED) is 0.172. The zero-order chi connectivity index (χ0) is 30.6. The van der Waals surface area contributed by atoms with E-state index in [0.717, 1.165) is 48.9 Å². The molecule has 2 heterocycles. The molecule has 8 N–H and O–H groups in total. The Balaban J connectivity index is 1.41. The van der Waals surface area contributed by atoms with E-state index in [-0.39, 0.29) is 24.2 Å². The number of nitrogens with one attached hydrogen (secondary N) is 2. The van der Waals surface area contributed by atoms with Gasteiger partial charge in [0.15, 0.2) is 11.5 Å². The van der Waals surface area contributed by atoms with Crippen LogP contribution in [0.15, 0.2) is 60.1 Å². The lowest BCUT2D eigenvalue weighted by molar-refractivity contribution is 0.00559. The third-order valence-corrected chi connectivity index (χ3v) is 8.79. The molecule has 1 aromatic carbocycles. The molecular weight excluding hydrogens is 542 g/mol. The Morgan fingerprint density at radius 2 is 2.02 bits per heavy atom. The predicted molar refractivity (Wildman–Crippen MR) is 169 cm³/mol. The summed E-state index contributed by atoms with van der Waals surface area (Å²) in [5.74, 6) is 7.64. The minimum Gasteiger partial charge on any atom is -0.504 e. The first kappa shape index (κ1) is 32.5. The van der Waals surface area contributed by atoms with Gasteiger partial charge in [-0.2, -0.15) is 0 Å². The molecule has 8 heteroatoms. The van der Waals surface area contributed by atoms with Gasteiger partial charge in [0.05, 0.1) is 24.6 Å². The van der Waals surface area contributed by atoms with Gasteiger partial charge in [0.25, 0.3) is 0 Å². The second-order valence-electron chi connectivity index (χ2n) is 12.0. The average Bonchev–Trinajstić information content (AvgIpc) is 3.52. The number of phenolic OH excluding ortho intramolecular Hbond substituents is 1. The Hall–Kier alpha value is -3.38. The van der Waals surface area contributed by atoms with Crippen LogP contribution < -0.4 is 15.8 Å². The molecule has 0 bridgehead atoms. The van der Waals surface area contributed by atoms with E-state index in [4.69, 9.17) is 10.5 Å². The Bertz CT molecular complexity index is 1260. The summed E-state index contributed by atoms with van der Waals surface area (Å²) in [6, 6.07) is 9.19. The number of aliphatic hydroxyl groups is 3. The summed E-state index contributed by atoms with van der Waals surface area (Å²) >= 11 is 0. The smallest absolute Gasteiger partial charge is 0.161 e. The molecule has 4 rings (SSSR count). The summed E-state index contributed by atoms with van der Waals surface area (Å²) in [6.07, 6.45) is 11.6. The van der Waals surface area contributed by atoms with Crippen molar-refractivity contribution >= 4 is 0 Å². The Morgan fingerprint density at radius 3 is 2.77 bits per heavy atom. The van der Waals surface area contributed by atoms with Crippen molar-refractivity contribution in [3.05, 3.63) is 71.3 Å². The maximum absolute atomic E-state index is 11.1. The van der Waals surface area contributed by atoms with E-state index >= 15 is 0 Å². The van der Waals surface area contributed by atoms with Gasteiger partial charge in [-0.05, 0) is 92.3 Å². The number of phenols is 1. The molecule has 6 atom stereocenters. The zero-order valence-corrected chi connectivity index (χ0v) is 25.3. The van der Waals surface area contributed by atoms with Crippen LogP contribution in [0, 0.1) is 29.6 Å². The van der Waals surface area contributed by atoms with Crippen molar-refractivity contribution in [2.24, 2.45) is 23.5 Å². The lowest BCUT2D eigenvalue weighted by Crippen LogP contribution is -2.32. The molecule has 0 fully saturated rings. The fourth-order valence-corrected chi connectivity index (χ4v) is 6.14. The lowest BCUT2D eigenvalue weighted by Gasteiger charge is -2.27. The number of H-pyrrole nitrogens is 1. The molecule has 6 unspecified atom stereocenters. The fourth-order valence-electron chi connectivity index (χ4n) is 6.14. The first-order chi connectivity index (χ1) is 20.9. The number of ether oxygens (including phenoxy) is 1. The minimum atomic E-state index is -0.695. The summed E-state index contributed by atoms with van der Waals surface area (Å²) < 4.78 is 6.19. The van der Waals surface area contributed by atoms with Gasteiger partial charge >= 0.3 is 0 Å². The van der Waals surface area contributed by atoms with Crippen molar-refractivity contribution in [1.82, 2.24) is 10.3 Å². The van der Waals surface area contributed by atoms with Crippen molar-refractivity contribution in [2.75, 3.05) is 13.2 Å². The number of allylic oxidation sites excluding steroid dienone is 2. The molecule has 1 aromatic heterocycles. The standard InChI is InChI=1S/C35H49N3O5/c1-2-24-7-3-4-11-31(40)30(10-5-8-24)32(41)14-12-25-13-15-33(42)34(19-25)43-29(23-39)21-27(20-28-9-6-17-37-28)26-16-18-38-35(36)22-26/h6,9,13,15-17,19,22,24,27,29-32,37-42H,2-4,7,10-12,14,18,20-21,23,36H2,1H3. The van der Waals surface area contributed by atoms with E-state index in [2.05, 4.69) is 35.1 Å². The first-order valence-electron chi connectivity index (χ1n) is 15.8. The highest BCUT2D eigenvalue weighted by Gasteiger charge is 2.27. The first-order valence-corrected chi connectivity index (χ1v) is 15.8. The van der Waals surface area contributed by atoms with Gasteiger partial charge in [0.2, 0.25) is 0 Å². The largest absolute Gasteiger partial charge is 0.504 e. The number of aromatic amines is 1. The number of aromatic nitrogens is 1. The highest BCUT2D eigenvalue weighted by atomic mass is 16.5. The van der Waals surface area contributed by atoms with E-state index in [9.17, 15) is 20.4 Å². The highest BCUT2D eigenvalue weighted by molar-refractivity contribution is 5.42. The fraction of sp³-hybridized carbons (Fsp3) is 0.543. The van der Waals surface area contributed by atoms with Crippen molar-refractivity contribution < 1.29 is 25.2 Å². The number of hydrogen-bond donors (Lipinski definition) is 7. The van der Waals surface area contributed by atoms with Crippen molar-refractivity contribution in [3.8, 4) is 23.3 Å². The molecule has 1 aliphatic heterocycles. The van der Waals surface area contributed by atoms with Crippen LogP contribution in [-0.2, 0) is 12.8 Å². The van der Waals surface area contributed by atoms with Gasteiger partial charge in [-0.15, -0.1) is 5.92 Å². The number of benzene rings is 1. The minimum absolute atomic E-state index is 0.00241. The van der Waals surface area contributed by atoms with Crippen molar-refractivity contribution in [2.45, 2.75) is 89.4 Å². The van der Waals surface area contributed by atoms with Crippen LogP contribution in [0.25, 0.3) is 0 Å². The molecule has 234 valence electrons. The summed E-state index contributed by atoms with van der Waals surface area (Å²) in [6.45, 7) is 2.59. The van der Waals surface area contributed by atoms with Crippen LogP contribution in [0.5, 0.6) is 11.5 Å². The van der Waals surface area contributed by atoms with Crippen LogP contribution in [0.2, 0.25) is 0 Å². The van der Waals surface area contributed by atoms with E-state index < -0.39 is 18.3 Å². The predicted octanol–water partition coefficient (Wildman–Crippen LogP) is 4.30. The number of rotatable bonds is 13. The van der Waals surface area contributed by atoms with Crippen LogP contribution >= 0.6 is 0 Å². The molecule has 2 aromatic rings. The topological polar surface area (TPSA) is 144 Å². The third-order valence-electron chi connectivity index (χ3n) is 8.79. The van der Waals surface area contributed by atoms with Crippen molar-refractivity contribution in [1.29, 1.82) is 0 Å². The summed E-state index contributed by atoms with van der Waals surface area (Å²) in [5, 5.41) is 45.9. The van der Waals surface area contributed by atoms with Crippen LogP contribution in [0.4, 0.5) is 0 Å². The Morgan fingerprint density at radius 1 is 1.19 bits per heavy atom. The molecule has 0 spiro atoms. The summed E-state index contributed by atoms with van der Waals surface area (Å²) in [4.78, 5) is 3.26. The second-order valence-corrected chi connectivity index (χ2v) is 12.0. The van der Waals surface area contributed by atoms with Gasteiger partial charge < -0.3 is 41.2 Å². The van der Waals surface area contributed by atoms with Gasteiger partial charge in [0, 0.05) is 36.7 Å². The molecule has 2 aliphatic rings. The average molecular weight is 592 g/mol. The van der Waals surface area contributed by atoms with Crippen LogP contribution in [0.3, 0.4) is 0 Å². The molecule has 8 nitrogen and oxygen atoms in total. The molecule has 0 saturated heterocycles. The maximum atomic E-state index is 11.1. The van der Waals surface area contributed by atoms with E-state index in [1.165, 1.54) is 0 Å².